The van der Waals surface area contributed by atoms with Crippen LogP contribution < -0.4 is 5.32 Å². The Morgan fingerprint density at radius 3 is 2.29 bits per heavy atom. The Morgan fingerprint density at radius 2 is 1.71 bits per heavy atom. The van der Waals surface area contributed by atoms with E-state index in [1.54, 1.807) is 0 Å². The zero-order valence-corrected chi connectivity index (χ0v) is 13.1. The minimum Gasteiger partial charge on any atom is -0.378 e. The van der Waals surface area contributed by atoms with E-state index in [1.165, 1.54) is 0 Å². The third-order valence-electron chi connectivity index (χ3n) is 3.68. The maximum Gasteiger partial charge on any atom is 0.137 e. The largest absolute Gasteiger partial charge is 0.378 e. The van der Waals surface area contributed by atoms with Crippen molar-refractivity contribution in [3.8, 4) is 0 Å². The van der Waals surface area contributed by atoms with Crippen LogP contribution in [0.3, 0.4) is 0 Å². The summed E-state index contributed by atoms with van der Waals surface area (Å²) in [4.78, 5) is 12.1. The number of para-hydroxylation sites is 1. The van der Waals surface area contributed by atoms with Crippen molar-refractivity contribution in [1.29, 1.82) is 0 Å². The summed E-state index contributed by atoms with van der Waals surface area (Å²) in [5.74, 6) is 0.148. The van der Waals surface area contributed by atoms with E-state index in [0.717, 1.165) is 11.3 Å². The Hall–Kier alpha value is -1.80. The smallest absolute Gasteiger partial charge is 0.137 e. The molecule has 0 amide bonds. The van der Waals surface area contributed by atoms with Gasteiger partial charge in [0.25, 0.3) is 0 Å². The van der Waals surface area contributed by atoms with Crippen molar-refractivity contribution >= 4 is 23.1 Å². The van der Waals surface area contributed by atoms with Crippen LogP contribution in [-0.2, 0) is 4.79 Å². The second-order valence-electron chi connectivity index (χ2n) is 5.15. The number of Topliss-reactive ketones (excluding diaryl/α,β-unsaturated/α-hetero) is 1. The number of anilines is 1. The Labute approximate surface area is 131 Å². The van der Waals surface area contributed by atoms with Gasteiger partial charge in [-0.1, -0.05) is 55.8 Å². The van der Waals surface area contributed by atoms with Gasteiger partial charge in [0, 0.05) is 23.0 Å². The molecule has 0 saturated carbocycles. The average molecular weight is 302 g/mol. The van der Waals surface area contributed by atoms with E-state index >= 15 is 0 Å². The first-order valence-corrected chi connectivity index (χ1v) is 7.59. The summed E-state index contributed by atoms with van der Waals surface area (Å²) in [6.07, 6.45) is 0.543. The molecule has 2 aromatic carbocycles. The predicted molar refractivity (Wildman–Crippen MR) is 88.7 cm³/mol. The minimum absolute atomic E-state index is 0.0582. The van der Waals surface area contributed by atoms with Crippen LogP contribution in [0.2, 0.25) is 5.02 Å². The monoisotopic (exact) mass is 301 g/mol. The maximum absolute atomic E-state index is 12.1. The topological polar surface area (TPSA) is 29.1 Å². The average Bonchev–Trinajstić information content (AvgIpc) is 2.53. The van der Waals surface area contributed by atoms with Crippen molar-refractivity contribution in [2.24, 2.45) is 5.92 Å². The van der Waals surface area contributed by atoms with Gasteiger partial charge in [-0.25, -0.2) is 0 Å². The van der Waals surface area contributed by atoms with Crippen molar-refractivity contribution in [1.82, 2.24) is 0 Å². The van der Waals surface area contributed by atoms with Gasteiger partial charge in [-0.3, -0.25) is 4.79 Å². The van der Waals surface area contributed by atoms with Crippen LogP contribution in [0.25, 0.3) is 0 Å². The van der Waals surface area contributed by atoms with Crippen LogP contribution >= 0.6 is 11.6 Å². The summed E-state index contributed by atoms with van der Waals surface area (Å²) in [7, 11) is 0. The van der Waals surface area contributed by atoms with Crippen molar-refractivity contribution in [3.05, 3.63) is 65.2 Å². The molecule has 0 aliphatic rings. The van der Waals surface area contributed by atoms with Crippen molar-refractivity contribution in [2.45, 2.75) is 26.3 Å². The SMILES string of the molecule is CCC(=O)[C@H](C)[C@@H](Nc1ccccc1)c1ccc(Cl)cc1. The van der Waals surface area contributed by atoms with Crippen molar-refractivity contribution in [2.75, 3.05) is 5.32 Å². The van der Waals surface area contributed by atoms with E-state index in [-0.39, 0.29) is 17.7 Å². The molecule has 0 unspecified atom stereocenters. The fourth-order valence-electron chi connectivity index (χ4n) is 2.39. The Balaban J connectivity index is 2.29. The molecule has 0 aromatic heterocycles. The van der Waals surface area contributed by atoms with Crippen LogP contribution in [0, 0.1) is 5.92 Å². The van der Waals surface area contributed by atoms with Crippen LogP contribution in [0.1, 0.15) is 31.9 Å². The van der Waals surface area contributed by atoms with Gasteiger partial charge in [0.2, 0.25) is 0 Å². The number of hydrogen-bond acceptors (Lipinski definition) is 2. The Kier molecular flexibility index (Phi) is 5.40. The van der Waals surface area contributed by atoms with E-state index in [1.807, 2.05) is 68.4 Å². The summed E-state index contributed by atoms with van der Waals surface area (Å²) >= 11 is 5.96. The van der Waals surface area contributed by atoms with Gasteiger partial charge in [-0.05, 0) is 29.8 Å². The second kappa shape index (κ2) is 7.28. The van der Waals surface area contributed by atoms with Crippen molar-refractivity contribution < 1.29 is 4.79 Å². The number of ketones is 1. The highest BCUT2D eigenvalue weighted by molar-refractivity contribution is 6.30. The van der Waals surface area contributed by atoms with Gasteiger partial charge in [0.15, 0.2) is 0 Å². The van der Waals surface area contributed by atoms with E-state index in [4.69, 9.17) is 11.6 Å². The standard InChI is InChI=1S/C18H20ClNO/c1-3-17(21)13(2)18(14-9-11-15(19)12-10-14)20-16-7-5-4-6-8-16/h4-13,18,20H,3H2,1-2H3/t13-,18+/m0/s1. The van der Waals surface area contributed by atoms with Crippen LogP contribution in [0.15, 0.2) is 54.6 Å². The number of benzene rings is 2. The summed E-state index contributed by atoms with van der Waals surface area (Å²) < 4.78 is 0. The molecule has 0 heterocycles. The molecule has 0 aliphatic carbocycles. The first-order chi connectivity index (χ1) is 10.1. The zero-order chi connectivity index (χ0) is 15.2. The number of hydrogen-bond donors (Lipinski definition) is 1. The minimum atomic E-state index is -0.101. The number of nitrogens with one attached hydrogen (secondary N) is 1. The molecule has 2 atom stereocenters. The van der Waals surface area contributed by atoms with Gasteiger partial charge in [0.1, 0.15) is 5.78 Å². The molecular weight excluding hydrogens is 282 g/mol. The first kappa shape index (κ1) is 15.6. The molecule has 2 nitrogen and oxygen atoms in total. The quantitative estimate of drug-likeness (QED) is 0.803. The Bertz CT molecular complexity index is 580. The van der Waals surface area contributed by atoms with Gasteiger partial charge in [-0.15, -0.1) is 0 Å². The predicted octanol–water partition coefficient (Wildman–Crippen LogP) is 5.11. The van der Waals surface area contributed by atoms with Gasteiger partial charge in [0.05, 0.1) is 6.04 Å². The molecule has 2 aromatic rings. The molecular formula is C18H20ClNO. The van der Waals surface area contributed by atoms with E-state index in [2.05, 4.69) is 5.32 Å². The molecule has 2 rings (SSSR count). The molecule has 3 heteroatoms. The molecule has 0 saturated heterocycles. The van der Waals surface area contributed by atoms with E-state index in [9.17, 15) is 4.79 Å². The van der Waals surface area contributed by atoms with Crippen LogP contribution in [-0.4, -0.2) is 5.78 Å². The van der Waals surface area contributed by atoms with Crippen LogP contribution in [0.5, 0.6) is 0 Å². The number of rotatable bonds is 6. The molecule has 110 valence electrons. The van der Waals surface area contributed by atoms with E-state index in [0.29, 0.717) is 11.4 Å². The molecule has 0 fully saturated rings. The second-order valence-corrected chi connectivity index (χ2v) is 5.58. The zero-order valence-electron chi connectivity index (χ0n) is 12.3. The number of halogens is 1. The van der Waals surface area contributed by atoms with Gasteiger partial charge >= 0.3 is 0 Å². The fraction of sp³-hybridized carbons (Fsp3) is 0.278. The lowest BCUT2D eigenvalue weighted by atomic mass is 9.90. The molecule has 0 spiro atoms. The molecule has 0 aliphatic heterocycles. The van der Waals surface area contributed by atoms with Gasteiger partial charge < -0.3 is 5.32 Å². The highest BCUT2D eigenvalue weighted by Gasteiger charge is 2.24. The molecule has 0 bridgehead atoms. The molecule has 1 N–H and O–H groups in total. The van der Waals surface area contributed by atoms with E-state index < -0.39 is 0 Å². The Morgan fingerprint density at radius 1 is 1.10 bits per heavy atom. The highest BCUT2D eigenvalue weighted by Crippen LogP contribution is 2.29. The summed E-state index contributed by atoms with van der Waals surface area (Å²) in [5.41, 5.74) is 2.07. The summed E-state index contributed by atoms with van der Waals surface area (Å²) in [6, 6.07) is 17.6. The normalized spacial score (nSPS) is 13.5. The van der Waals surface area contributed by atoms with Gasteiger partial charge in [-0.2, -0.15) is 0 Å². The third kappa shape index (κ3) is 4.08. The van der Waals surface area contributed by atoms with Crippen LogP contribution in [0.4, 0.5) is 5.69 Å². The number of carbonyl (C=O) groups excluding carboxylic acids is 1. The fourth-order valence-corrected chi connectivity index (χ4v) is 2.51. The maximum atomic E-state index is 12.1. The number of carbonyl (C=O) groups is 1. The highest BCUT2D eigenvalue weighted by atomic mass is 35.5. The molecule has 21 heavy (non-hydrogen) atoms. The lowest BCUT2D eigenvalue weighted by Crippen LogP contribution is -2.25. The lowest BCUT2D eigenvalue weighted by molar-refractivity contribution is -0.122. The molecule has 0 radical (unpaired) electrons. The van der Waals surface area contributed by atoms with Crippen molar-refractivity contribution in [3.63, 3.8) is 0 Å². The summed E-state index contributed by atoms with van der Waals surface area (Å²) in [5, 5.41) is 4.17. The summed E-state index contributed by atoms with van der Waals surface area (Å²) in [6.45, 7) is 3.88. The first-order valence-electron chi connectivity index (χ1n) is 7.21. The third-order valence-corrected chi connectivity index (χ3v) is 3.93. The lowest BCUT2D eigenvalue weighted by Gasteiger charge is -2.25.